The van der Waals surface area contributed by atoms with Gasteiger partial charge in [0.1, 0.15) is 0 Å². The Balaban J connectivity index is 2.44. The fraction of sp³-hybridized carbons (Fsp3) is 0.0909. The molecule has 0 aliphatic heterocycles. The molecule has 2 aromatic rings. The number of hydrogen-bond donors (Lipinski definition) is 2. The quantitative estimate of drug-likeness (QED) is 0.440. The second-order valence-corrected chi connectivity index (χ2v) is 3.38. The van der Waals surface area contributed by atoms with Crippen molar-refractivity contribution in [3.8, 4) is 11.3 Å². The van der Waals surface area contributed by atoms with Crippen LogP contribution in [0.15, 0.2) is 36.4 Å². The van der Waals surface area contributed by atoms with Gasteiger partial charge in [-0.05, 0) is 11.6 Å². The van der Waals surface area contributed by atoms with Gasteiger partial charge in [0.05, 0.1) is 5.69 Å². The molecule has 5 heteroatoms. The normalized spacial score (nSPS) is 10.1. The molecule has 0 saturated heterocycles. The summed E-state index contributed by atoms with van der Waals surface area (Å²) in [6.07, 6.45) is 0. The van der Waals surface area contributed by atoms with Crippen molar-refractivity contribution in [3.05, 3.63) is 42.1 Å². The van der Waals surface area contributed by atoms with Gasteiger partial charge in [0.2, 0.25) is 0 Å². The monoisotopic (exact) mass is 216 g/mol. The molecule has 0 aliphatic rings. The summed E-state index contributed by atoms with van der Waals surface area (Å²) in [5, 5.41) is 4.08. The zero-order chi connectivity index (χ0) is 11.5. The molecule has 1 heterocycles. The van der Waals surface area contributed by atoms with Crippen LogP contribution in [0, 0.1) is 0 Å². The molecule has 0 atom stereocenters. The molecule has 5 nitrogen and oxygen atoms in total. The Morgan fingerprint density at radius 2 is 2.06 bits per heavy atom. The molecule has 1 aromatic heterocycles. The predicted molar refractivity (Wildman–Crippen MR) is 60.3 cm³/mol. The number of nitrogen functional groups attached to an aromatic ring is 1. The van der Waals surface area contributed by atoms with Crippen LogP contribution in [-0.2, 0) is 7.05 Å². The lowest BCUT2D eigenvalue weighted by atomic mass is 10.1. The molecule has 0 aliphatic carbocycles. The van der Waals surface area contributed by atoms with Crippen LogP contribution >= 0.6 is 0 Å². The van der Waals surface area contributed by atoms with E-state index in [-0.39, 0.29) is 0 Å². The number of nitrogens with one attached hydrogen (secondary N) is 1. The average molecular weight is 216 g/mol. The standard InChI is InChI=1S/C11H12N4O/c1-15-10(8-5-3-2-4-6-8)7-9(14-15)11(16)13-12/h2-7H,12H2,1H3,(H,13,16). The van der Waals surface area contributed by atoms with E-state index in [1.54, 1.807) is 17.8 Å². The number of aryl methyl sites for hydroxylation is 1. The van der Waals surface area contributed by atoms with E-state index in [2.05, 4.69) is 10.5 Å². The highest BCUT2D eigenvalue weighted by Crippen LogP contribution is 2.18. The molecule has 1 aromatic carbocycles. The summed E-state index contributed by atoms with van der Waals surface area (Å²) < 4.78 is 1.65. The lowest BCUT2D eigenvalue weighted by molar-refractivity contribution is 0.0948. The van der Waals surface area contributed by atoms with Crippen LogP contribution in [0.25, 0.3) is 11.3 Å². The van der Waals surface area contributed by atoms with Gasteiger partial charge in [-0.1, -0.05) is 30.3 Å². The van der Waals surface area contributed by atoms with Crippen LogP contribution in [0.3, 0.4) is 0 Å². The van der Waals surface area contributed by atoms with E-state index in [0.717, 1.165) is 11.3 Å². The number of nitrogens with zero attached hydrogens (tertiary/aromatic N) is 2. The van der Waals surface area contributed by atoms with Crippen molar-refractivity contribution in [1.82, 2.24) is 15.2 Å². The maximum Gasteiger partial charge on any atom is 0.285 e. The number of aromatic nitrogens is 2. The lowest BCUT2D eigenvalue weighted by Crippen LogP contribution is -2.30. The van der Waals surface area contributed by atoms with Crippen molar-refractivity contribution in [1.29, 1.82) is 0 Å². The topological polar surface area (TPSA) is 72.9 Å². The number of hydrogen-bond acceptors (Lipinski definition) is 3. The van der Waals surface area contributed by atoms with Gasteiger partial charge in [-0.15, -0.1) is 0 Å². The summed E-state index contributed by atoms with van der Waals surface area (Å²) in [5.41, 5.74) is 4.25. The van der Waals surface area contributed by atoms with Gasteiger partial charge in [0.15, 0.2) is 5.69 Å². The number of hydrazine groups is 1. The third-order valence-electron chi connectivity index (χ3n) is 2.31. The minimum atomic E-state index is -0.391. The van der Waals surface area contributed by atoms with Gasteiger partial charge in [-0.2, -0.15) is 5.10 Å². The highest BCUT2D eigenvalue weighted by atomic mass is 16.2. The largest absolute Gasteiger partial charge is 0.289 e. The number of carbonyl (C=O) groups excluding carboxylic acids is 1. The van der Waals surface area contributed by atoms with E-state index >= 15 is 0 Å². The minimum absolute atomic E-state index is 0.309. The average Bonchev–Trinajstić information content (AvgIpc) is 2.71. The Morgan fingerprint density at radius 3 is 2.69 bits per heavy atom. The molecular weight excluding hydrogens is 204 g/mol. The molecule has 2 rings (SSSR count). The Morgan fingerprint density at radius 1 is 1.38 bits per heavy atom. The first kappa shape index (κ1) is 10.4. The third kappa shape index (κ3) is 1.80. The molecule has 0 fully saturated rings. The van der Waals surface area contributed by atoms with E-state index in [9.17, 15) is 4.79 Å². The smallest absolute Gasteiger partial charge is 0.285 e. The van der Waals surface area contributed by atoms with E-state index in [1.165, 1.54) is 0 Å². The summed E-state index contributed by atoms with van der Waals surface area (Å²) in [5.74, 6) is 4.66. The second kappa shape index (κ2) is 4.16. The first-order chi connectivity index (χ1) is 7.72. The highest BCUT2D eigenvalue weighted by molar-refractivity contribution is 5.92. The van der Waals surface area contributed by atoms with E-state index in [0.29, 0.717) is 5.69 Å². The number of rotatable bonds is 2. The molecule has 0 unspecified atom stereocenters. The van der Waals surface area contributed by atoms with Crippen molar-refractivity contribution in [2.75, 3.05) is 0 Å². The van der Waals surface area contributed by atoms with Gasteiger partial charge < -0.3 is 0 Å². The van der Waals surface area contributed by atoms with E-state index < -0.39 is 5.91 Å². The fourth-order valence-corrected chi connectivity index (χ4v) is 1.53. The van der Waals surface area contributed by atoms with Crippen LogP contribution in [0.1, 0.15) is 10.5 Å². The zero-order valence-electron chi connectivity index (χ0n) is 8.84. The van der Waals surface area contributed by atoms with Crippen LogP contribution in [0.4, 0.5) is 0 Å². The Kier molecular flexibility index (Phi) is 2.70. The van der Waals surface area contributed by atoms with Crippen molar-refractivity contribution in [2.24, 2.45) is 12.9 Å². The second-order valence-electron chi connectivity index (χ2n) is 3.38. The van der Waals surface area contributed by atoms with Crippen LogP contribution in [0.5, 0.6) is 0 Å². The predicted octanol–water partition coefficient (Wildman–Crippen LogP) is 0.691. The van der Waals surface area contributed by atoms with Gasteiger partial charge in [0, 0.05) is 7.05 Å². The van der Waals surface area contributed by atoms with Crippen molar-refractivity contribution in [2.45, 2.75) is 0 Å². The number of amides is 1. The van der Waals surface area contributed by atoms with Gasteiger partial charge >= 0.3 is 0 Å². The molecule has 0 spiro atoms. The van der Waals surface area contributed by atoms with Crippen LogP contribution in [-0.4, -0.2) is 15.7 Å². The third-order valence-corrected chi connectivity index (χ3v) is 2.31. The number of nitrogens with two attached hydrogens (primary N) is 1. The molecule has 0 saturated carbocycles. The molecule has 3 N–H and O–H groups in total. The summed E-state index contributed by atoms with van der Waals surface area (Å²) in [4.78, 5) is 11.3. The molecule has 0 radical (unpaired) electrons. The molecule has 82 valence electrons. The molecule has 0 bridgehead atoms. The summed E-state index contributed by atoms with van der Waals surface area (Å²) in [6.45, 7) is 0. The summed E-state index contributed by atoms with van der Waals surface area (Å²) >= 11 is 0. The molecule has 1 amide bonds. The Labute approximate surface area is 92.8 Å². The maximum absolute atomic E-state index is 11.3. The van der Waals surface area contributed by atoms with Crippen molar-refractivity contribution >= 4 is 5.91 Å². The Bertz CT molecular complexity index is 504. The number of carbonyl (C=O) groups is 1. The molecular formula is C11H12N4O. The SMILES string of the molecule is Cn1nc(C(=O)NN)cc1-c1ccccc1. The first-order valence-electron chi connectivity index (χ1n) is 4.83. The van der Waals surface area contributed by atoms with Gasteiger partial charge in [-0.25, -0.2) is 5.84 Å². The first-order valence-corrected chi connectivity index (χ1v) is 4.83. The minimum Gasteiger partial charge on any atom is -0.289 e. The van der Waals surface area contributed by atoms with Crippen molar-refractivity contribution in [3.63, 3.8) is 0 Å². The molecule has 16 heavy (non-hydrogen) atoms. The fourth-order valence-electron chi connectivity index (χ4n) is 1.53. The summed E-state index contributed by atoms with van der Waals surface area (Å²) in [7, 11) is 1.79. The highest BCUT2D eigenvalue weighted by Gasteiger charge is 2.12. The van der Waals surface area contributed by atoms with E-state index in [1.807, 2.05) is 30.3 Å². The van der Waals surface area contributed by atoms with E-state index in [4.69, 9.17) is 5.84 Å². The Hall–Kier alpha value is -2.14. The van der Waals surface area contributed by atoms with Gasteiger partial charge in [0.25, 0.3) is 5.91 Å². The maximum atomic E-state index is 11.3. The lowest BCUT2D eigenvalue weighted by Gasteiger charge is -1.99. The van der Waals surface area contributed by atoms with Crippen LogP contribution < -0.4 is 11.3 Å². The van der Waals surface area contributed by atoms with Gasteiger partial charge in [-0.3, -0.25) is 14.9 Å². The zero-order valence-corrected chi connectivity index (χ0v) is 8.84. The van der Waals surface area contributed by atoms with Crippen molar-refractivity contribution < 1.29 is 4.79 Å². The van der Waals surface area contributed by atoms with Crippen LogP contribution in [0.2, 0.25) is 0 Å². The summed E-state index contributed by atoms with van der Waals surface area (Å²) in [6, 6.07) is 11.4. The number of benzene rings is 1.